The summed E-state index contributed by atoms with van der Waals surface area (Å²) in [5.41, 5.74) is 0. The molecule has 0 radical (unpaired) electrons. The first-order valence-electron chi connectivity index (χ1n) is 5.19. The Kier molecular flexibility index (Phi) is 3.19. The van der Waals surface area contributed by atoms with Gasteiger partial charge >= 0.3 is 0 Å². The van der Waals surface area contributed by atoms with E-state index < -0.39 is 10.0 Å². The molecule has 1 saturated carbocycles. The largest absolute Gasteiger partial charge is 0.244 e. The summed E-state index contributed by atoms with van der Waals surface area (Å²) >= 11 is 5.63. The van der Waals surface area contributed by atoms with E-state index in [2.05, 4.69) is 4.98 Å². The Balaban J connectivity index is 2.33. The summed E-state index contributed by atoms with van der Waals surface area (Å²) in [6, 6.07) is 3.16. The first kappa shape index (κ1) is 11.8. The zero-order chi connectivity index (χ0) is 11.8. The highest BCUT2D eigenvalue weighted by Gasteiger charge is 2.36. The molecule has 1 aromatic heterocycles. The molecule has 0 N–H and O–H groups in total. The molecule has 16 heavy (non-hydrogen) atoms. The molecular formula is C10H13ClN2O2S. The molecule has 0 unspecified atom stereocenters. The summed E-state index contributed by atoms with van der Waals surface area (Å²) in [4.78, 5) is 4.02. The molecule has 0 aromatic carbocycles. The van der Waals surface area contributed by atoms with Gasteiger partial charge in [-0.15, -0.1) is 0 Å². The minimum atomic E-state index is -3.39. The summed E-state index contributed by atoms with van der Waals surface area (Å²) in [5.74, 6) is 0. The van der Waals surface area contributed by atoms with Gasteiger partial charge < -0.3 is 0 Å². The standard InChI is InChI=1S/C10H13ClN2O2S/c1-2-13(8-3-4-8)16(14,15)9-5-6-10(11)12-7-9/h5-8H,2-4H2,1H3. The van der Waals surface area contributed by atoms with E-state index in [0.29, 0.717) is 11.7 Å². The van der Waals surface area contributed by atoms with Gasteiger partial charge in [-0.1, -0.05) is 18.5 Å². The van der Waals surface area contributed by atoms with Gasteiger partial charge in [-0.25, -0.2) is 13.4 Å². The lowest BCUT2D eigenvalue weighted by Crippen LogP contribution is -2.32. The number of hydrogen-bond acceptors (Lipinski definition) is 3. The van der Waals surface area contributed by atoms with Gasteiger partial charge in [0.05, 0.1) is 0 Å². The normalized spacial score (nSPS) is 16.7. The fourth-order valence-corrected chi connectivity index (χ4v) is 3.39. The van der Waals surface area contributed by atoms with Gasteiger partial charge in [-0.2, -0.15) is 4.31 Å². The van der Waals surface area contributed by atoms with Crippen molar-refractivity contribution >= 4 is 21.6 Å². The molecule has 0 bridgehead atoms. The maximum Gasteiger partial charge on any atom is 0.244 e. The van der Waals surface area contributed by atoms with Gasteiger partial charge in [-0.05, 0) is 25.0 Å². The minimum Gasteiger partial charge on any atom is -0.243 e. The fraction of sp³-hybridized carbons (Fsp3) is 0.500. The zero-order valence-electron chi connectivity index (χ0n) is 8.93. The fourth-order valence-electron chi connectivity index (χ4n) is 1.64. The van der Waals surface area contributed by atoms with Crippen LogP contribution in [0.2, 0.25) is 5.15 Å². The quantitative estimate of drug-likeness (QED) is 0.777. The molecule has 1 aromatic rings. The van der Waals surface area contributed by atoms with Gasteiger partial charge in [-0.3, -0.25) is 0 Å². The van der Waals surface area contributed by atoms with Gasteiger partial charge in [0.15, 0.2) is 0 Å². The molecule has 6 heteroatoms. The maximum absolute atomic E-state index is 12.2. The van der Waals surface area contributed by atoms with Gasteiger partial charge in [0.2, 0.25) is 10.0 Å². The van der Waals surface area contributed by atoms with Crippen molar-refractivity contribution in [1.29, 1.82) is 0 Å². The van der Waals surface area contributed by atoms with E-state index in [1.807, 2.05) is 6.92 Å². The Morgan fingerprint density at radius 3 is 2.62 bits per heavy atom. The summed E-state index contributed by atoms with van der Waals surface area (Å²) in [5, 5.41) is 0.299. The Morgan fingerprint density at radius 1 is 1.50 bits per heavy atom. The number of pyridine rings is 1. The van der Waals surface area contributed by atoms with Crippen LogP contribution in [-0.4, -0.2) is 30.3 Å². The number of aromatic nitrogens is 1. The Morgan fingerprint density at radius 2 is 2.19 bits per heavy atom. The van der Waals surface area contributed by atoms with Crippen molar-refractivity contribution in [2.45, 2.75) is 30.7 Å². The van der Waals surface area contributed by atoms with E-state index >= 15 is 0 Å². The lowest BCUT2D eigenvalue weighted by Gasteiger charge is -2.19. The molecule has 4 nitrogen and oxygen atoms in total. The molecule has 0 amide bonds. The summed E-state index contributed by atoms with van der Waals surface area (Å²) in [6.45, 7) is 2.34. The van der Waals surface area contributed by atoms with Crippen LogP contribution in [0.15, 0.2) is 23.2 Å². The second-order valence-corrected chi connectivity index (χ2v) is 6.03. The number of sulfonamides is 1. The van der Waals surface area contributed by atoms with Crippen LogP contribution in [0.4, 0.5) is 0 Å². The Bertz CT molecular complexity index is 468. The molecular weight excluding hydrogens is 248 g/mol. The molecule has 0 aliphatic heterocycles. The Hall–Kier alpha value is -0.650. The van der Waals surface area contributed by atoms with Crippen molar-refractivity contribution in [2.24, 2.45) is 0 Å². The van der Waals surface area contributed by atoms with E-state index in [0.717, 1.165) is 12.8 Å². The summed E-state index contributed by atoms with van der Waals surface area (Å²) in [6.07, 6.45) is 3.21. The second-order valence-electron chi connectivity index (χ2n) is 3.76. The van der Waals surface area contributed by atoms with Crippen LogP contribution in [0.3, 0.4) is 0 Å². The average Bonchev–Trinajstić information content (AvgIpc) is 3.03. The SMILES string of the molecule is CCN(C1CC1)S(=O)(=O)c1ccc(Cl)nc1. The first-order valence-corrected chi connectivity index (χ1v) is 7.01. The lowest BCUT2D eigenvalue weighted by atomic mass is 10.5. The van der Waals surface area contributed by atoms with Gasteiger partial charge in [0.1, 0.15) is 10.0 Å². The molecule has 2 rings (SSSR count). The van der Waals surface area contributed by atoms with Crippen LogP contribution in [-0.2, 0) is 10.0 Å². The molecule has 1 aliphatic rings. The minimum absolute atomic E-state index is 0.172. The maximum atomic E-state index is 12.2. The van der Waals surface area contributed by atoms with Gasteiger partial charge in [0.25, 0.3) is 0 Å². The highest BCUT2D eigenvalue weighted by atomic mass is 35.5. The van der Waals surface area contributed by atoms with Crippen LogP contribution in [0.5, 0.6) is 0 Å². The van der Waals surface area contributed by atoms with Crippen LogP contribution >= 0.6 is 11.6 Å². The van der Waals surface area contributed by atoms with E-state index in [1.165, 1.54) is 22.6 Å². The molecule has 88 valence electrons. The topological polar surface area (TPSA) is 50.3 Å². The third-order valence-corrected chi connectivity index (χ3v) is 4.81. The summed E-state index contributed by atoms with van der Waals surface area (Å²) in [7, 11) is -3.39. The lowest BCUT2D eigenvalue weighted by molar-refractivity contribution is 0.421. The second kappa shape index (κ2) is 4.31. The van der Waals surface area contributed by atoms with Crippen LogP contribution in [0.1, 0.15) is 19.8 Å². The van der Waals surface area contributed by atoms with Crippen molar-refractivity contribution in [3.8, 4) is 0 Å². The number of nitrogens with zero attached hydrogens (tertiary/aromatic N) is 2. The van der Waals surface area contributed by atoms with Gasteiger partial charge in [0, 0.05) is 18.8 Å². The van der Waals surface area contributed by atoms with Crippen molar-refractivity contribution in [2.75, 3.05) is 6.54 Å². The van der Waals surface area contributed by atoms with Crippen molar-refractivity contribution in [1.82, 2.24) is 9.29 Å². The van der Waals surface area contributed by atoms with Crippen molar-refractivity contribution in [3.63, 3.8) is 0 Å². The third kappa shape index (κ3) is 2.21. The molecule has 1 heterocycles. The smallest absolute Gasteiger partial charge is 0.243 e. The monoisotopic (exact) mass is 260 g/mol. The number of rotatable bonds is 4. The van der Waals surface area contributed by atoms with Crippen LogP contribution in [0.25, 0.3) is 0 Å². The molecule has 1 aliphatic carbocycles. The zero-order valence-corrected chi connectivity index (χ0v) is 10.5. The highest BCUT2D eigenvalue weighted by Crippen LogP contribution is 2.31. The third-order valence-electron chi connectivity index (χ3n) is 2.57. The van der Waals surface area contributed by atoms with Crippen LogP contribution < -0.4 is 0 Å². The number of halogens is 1. The molecule has 0 spiro atoms. The first-order chi connectivity index (χ1) is 7.55. The Labute approximate surface area is 100 Å². The summed E-state index contributed by atoms with van der Waals surface area (Å²) < 4.78 is 25.9. The molecule has 0 saturated heterocycles. The predicted molar refractivity (Wildman–Crippen MR) is 61.8 cm³/mol. The van der Waals surface area contributed by atoms with Crippen LogP contribution in [0, 0.1) is 0 Å². The van der Waals surface area contributed by atoms with E-state index in [4.69, 9.17) is 11.6 Å². The highest BCUT2D eigenvalue weighted by molar-refractivity contribution is 7.89. The van der Waals surface area contributed by atoms with E-state index in [1.54, 1.807) is 0 Å². The molecule has 0 atom stereocenters. The van der Waals surface area contributed by atoms with Crippen molar-refractivity contribution in [3.05, 3.63) is 23.5 Å². The molecule has 1 fully saturated rings. The average molecular weight is 261 g/mol. The predicted octanol–water partition coefficient (Wildman–Crippen LogP) is 1.91. The van der Waals surface area contributed by atoms with Crippen molar-refractivity contribution < 1.29 is 8.42 Å². The van der Waals surface area contributed by atoms with E-state index in [9.17, 15) is 8.42 Å². The van der Waals surface area contributed by atoms with E-state index in [-0.39, 0.29) is 10.9 Å². The number of hydrogen-bond donors (Lipinski definition) is 0.